The number of methoxy groups -OCH3 is 1. The minimum atomic E-state index is 0.114. The summed E-state index contributed by atoms with van der Waals surface area (Å²) in [5, 5.41) is 5.49. The Labute approximate surface area is 138 Å². The molecular formula is C14H22BrN3O2S. The van der Waals surface area contributed by atoms with Gasteiger partial charge in [-0.2, -0.15) is 0 Å². The van der Waals surface area contributed by atoms with Crippen LogP contribution in [0.15, 0.2) is 20.2 Å². The van der Waals surface area contributed by atoms with E-state index in [1.54, 1.807) is 18.4 Å². The minimum Gasteiger partial charge on any atom is -0.382 e. The Morgan fingerprint density at radius 2 is 2.52 bits per heavy atom. The largest absolute Gasteiger partial charge is 0.382 e. The second kappa shape index (κ2) is 8.73. The van der Waals surface area contributed by atoms with Gasteiger partial charge in [-0.15, -0.1) is 11.3 Å². The van der Waals surface area contributed by atoms with E-state index in [1.807, 2.05) is 0 Å². The molecule has 1 unspecified atom stereocenters. The average Bonchev–Trinajstić information content (AvgIpc) is 2.90. The van der Waals surface area contributed by atoms with Crippen LogP contribution in [-0.2, 0) is 16.0 Å². The maximum Gasteiger partial charge on any atom is 0.194 e. The van der Waals surface area contributed by atoms with Crippen LogP contribution in [0.3, 0.4) is 0 Å². The highest BCUT2D eigenvalue weighted by atomic mass is 79.9. The quantitative estimate of drug-likeness (QED) is 0.633. The van der Waals surface area contributed by atoms with Crippen molar-refractivity contribution in [2.24, 2.45) is 4.99 Å². The molecule has 1 aliphatic rings. The Balaban J connectivity index is 1.99. The van der Waals surface area contributed by atoms with Crippen molar-refractivity contribution in [1.29, 1.82) is 0 Å². The van der Waals surface area contributed by atoms with Crippen LogP contribution >= 0.6 is 27.3 Å². The van der Waals surface area contributed by atoms with Gasteiger partial charge in [-0.3, -0.25) is 0 Å². The summed E-state index contributed by atoms with van der Waals surface area (Å²) in [6.45, 7) is 6.64. The van der Waals surface area contributed by atoms with E-state index in [1.165, 1.54) is 5.56 Å². The van der Waals surface area contributed by atoms with Crippen molar-refractivity contribution in [3.8, 4) is 0 Å². The molecule has 0 aromatic carbocycles. The first-order chi connectivity index (χ1) is 10.2. The second-order valence-corrected chi connectivity index (χ2v) is 7.11. The molecule has 1 fully saturated rings. The van der Waals surface area contributed by atoms with Crippen molar-refractivity contribution in [2.75, 3.05) is 40.0 Å². The Morgan fingerprint density at radius 3 is 3.19 bits per heavy atom. The third-order valence-electron chi connectivity index (χ3n) is 3.16. The van der Waals surface area contributed by atoms with Gasteiger partial charge in [0.15, 0.2) is 5.96 Å². The molecule has 5 nitrogen and oxygen atoms in total. The van der Waals surface area contributed by atoms with E-state index in [9.17, 15) is 0 Å². The number of ether oxygens (including phenoxy) is 2. The number of hydrogen-bond donors (Lipinski definition) is 1. The average molecular weight is 376 g/mol. The van der Waals surface area contributed by atoms with Crippen LogP contribution in [-0.4, -0.2) is 56.9 Å². The SMILES string of the molecule is CCNC(=NCc1csc(Br)c1)N1CCOC(COC)C1. The Bertz CT molecular complexity index is 465. The molecule has 0 bridgehead atoms. The molecule has 1 saturated heterocycles. The number of nitrogens with one attached hydrogen (secondary N) is 1. The van der Waals surface area contributed by atoms with Crippen LogP contribution in [0, 0.1) is 0 Å². The molecule has 0 aliphatic carbocycles. The molecule has 1 atom stereocenters. The standard InChI is InChI=1S/C14H22BrN3O2S/c1-3-16-14(17-7-11-6-13(15)21-10-11)18-4-5-20-12(8-18)9-19-2/h6,10,12H,3-5,7-9H2,1-2H3,(H,16,17). The maximum atomic E-state index is 5.69. The van der Waals surface area contributed by atoms with Crippen LogP contribution in [0.25, 0.3) is 0 Å². The Kier molecular flexibility index (Phi) is 6.95. The fraction of sp³-hybridized carbons (Fsp3) is 0.643. The summed E-state index contributed by atoms with van der Waals surface area (Å²) in [7, 11) is 1.70. The number of hydrogen-bond acceptors (Lipinski definition) is 4. The highest BCUT2D eigenvalue weighted by Gasteiger charge is 2.22. The monoisotopic (exact) mass is 375 g/mol. The summed E-state index contributed by atoms with van der Waals surface area (Å²) >= 11 is 5.17. The van der Waals surface area contributed by atoms with E-state index in [-0.39, 0.29) is 6.10 Å². The topological polar surface area (TPSA) is 46.1 Å². The summed E-state index contributed by atoms with van der Waals surface area (Å²) < 4.78 is 12.0. The molecule has 1 aliphatic heterocycles. The van der Waals surface area contributed by atoms with Gasteiger partial charge in [-0.05, 0) is 39.9 Å². The highest BCUT2D eigenvalue weighted by molar-refractivity contribution is 9.11. The van der Waals surface area contributed by atoms with E-state index >= 15 is 0 Å². The molecule has 1 N–H and O–H groups in total. The molecule has 0 amide bonds. The summed E-state index contributed by atoms with van der Waals surface area (Å²) in [6.07, 6.45) is 0.114. The number of thiophene rings is 1. The zero-order chi connectivity index (χ0) is 15.1. The lowest BCUT2D eigenvalue weighted by Gasteiger charge is -2.34. The number of rotatable bonds is 5. The molecule has 7 heteroatoms. The molecule has 2 heterocycles. The van der Waals surface area contributed by atoms with Crippen molar-refractivity contribution in [3.63, 3.8) is 0 Å². The first-order valence-electron chi connectivity index (χ1n) is 7.09. The normalized spacial score (nSPS) is 19.9. The fourth-order valence-electron chi connectivity index (χ4n) is 2.22. The zero-order valence-electron chi connectivity index (χ0n) is 12.5. The number of morpholine rings is 1. The van der Waals surface area contributed by atoms with Gasteiger partial charge in [0.2, 0.25) is 0 Å². The number of halogens is 1. The van der Waals surface area contributed by atoms with Crippen molar-refractivity contribution in [3.05, 3.63) is 20.8 Å². The first kappa shape index (κ1) is 16.7. The van der Waals surface area contributed by atoms with Gasteiger partial charge in [0.25, 0.3) is 0 Å². The van der Waals surface area contributed by atoms with Crippen molar-refractivity contribution in [1.82, 2.24) is 10.2 Å². The van der Waals surface area contributed by atoms with E-state index in [4.69, 9.17) is 14.5 Å². The van der Waals surface area contributed by atoms with Crippen LogP contribution < -0.4 is 5.32 Å². The third-order valence-corrected chi connectivity index (χ3v) is 4.71. The van der Waals surface area contributed by atoms with Gasteiger partial charge in [0.05, 0.1) is 29.6 Å². The van der Waals surface area contributed by atoms with Crippen molar-refractivity contribution in [2.45, 2.75) is 19.6 Å². The smallest absolute Gasteiger partial charge is 0.194 e. The zero-order valence-corrected chi connectivity index (χ0v) is 14.9. The molecule has 2 rings (SSSR count). The van der Waals surface area contributed by atoms with Crippen molar-refractivity contribution < 1.29 is 9.47 Å². The van der Waals surface area contributed by atoms with Gasteiger partial charge in [-0.1, -0.05) is 0 Å². The molecule has 118 valence electrons. The lowest BCUT2D eigenvalue weighted by molar-refractivity contribution is -0.0447. The summed E-state index contributed by atoms with van der Waals surface area (Å²) in [4.78, 5) is 6.98. The molecule has 0 spiro atoms. The molecule has 1 aromatic rings. The Morgan fingerprint density at radius 1 is 1.67 bits per heavy atom. The van der Waals surface area contributed by atoms with Gasteiger partial charge >= 0.3 is 0 Å². The lowest BCUT2D eigenvalue weighted by Crippen LogP contribution is -2.51. The molecule has 0 radical (unpaired) electrons. The van der Waals surface area contributed by atoms with Crippen LogP contribution in [0.1, 0.15) is 12.5 Å². The molecular weight excluding hydrogens is 354 g/mol. The van der Waals surface area contributed by atoms with Gasteiger partial charge in [0.1, 0.15) is 0 Å². The summed E-state index contributed by atoms with van der Waals surface area (Å²) in [6, 6.07) is 2.12. The van der Waals surface area contributed by atoms with E-state index in [2.05, 4.69) is 44.5 Å². The van der Waals surface area contributed by atoms with Gasteiger partial charge in [-0.25, -0.2) is 4.99 Å². The van der Waals surface area contributed by atoms with E-state index in [0.717, 1.165) is 29.4 Å². The number of aliphatic imine (C=N–C) groups is 1. The fourth-order valence-corrected chi connectivity index (χ4v) is 3.42. The maximum absolute atomic E-state index is 5.69. The third kappa shape index (κ3) is 5.25. The minimum absolute atomic E-state index is 0.114. The molecule has 1 aromatic heterocycles. The summed E-state index contributed by atoms with van der Waals surface area (Å²) in [5.41, 5.74) is 1.23. The lowest BCUT2D eigenvalue weighted by atomic mass is 10.3. The van der Waals surface area contributed by atoms with Crippen LogP contribution in [0.5, 0.6) is 0 Å². The van der Waals surface area contributed by atoms with E-state index < -0.39 is 0 Å². The van der Waals surface area contributed by atoms with Crippen LogP contribution in [0.2, 0.25) is 0 Å². The Hall–Kier alpha value is -0.630. The first-order valence-corrected chi connectivity index (χ1v) is 8.77. The molecule has 0 saturated carbocycles. The van der Waals surface area contributed by atoms with Gasteiger partial charge < -0.3 is 19.7 Å². The van der Waals surface area contributed by atoms with Crippen molar-refractivity contribution >= 4 is 33.2 Å². The highest BCUT2D eigenvalue weighted by Crippen LogP contribution is 2.21. The van der Waals surface area contributed by atoms with Crippen LogP contribution in [0.4, 0.5) is 0 Å². The number of guanidine groups is 1. The molecule has 21 heavy (non-hydrogen) atoms. The van der Waals surface area contributed by atoms with Gasteiger partial charge in [0, 0.05) is 26.7 Å². The predicted octanol–water partition coefficient (Wildman–Crippen LogP) is 2.32. The summed E-state index contributed by atoms with van der Waals surface area (Å²) in [5.74, 6) is 0.948. The predicted molar refractivity (Wildman–Crippen MR) is 90.0 cm³/mol. The van der Waals surface area contributed by atoms with E-state index in [0.29, 0.717) is 19.8 Å². The number of nitrogens with zero attached hydrogens (tertiary/aromatic N) is 2. The second-order valence-electron chi connectivity index (χ2n) is 4.82.